The molecule has 0 spiro atoms. The Morgan fingerprint density at radius 3 is 2.71 bits per heavy atom. The first-order valence-electron chi connectivity index (χ1n) is 8.54. The summed E-state index contributed by atoms with van der Waals surface area (Å²) in [7, 11) is 0. The minimum absolute atomic E-state index is 0.106. The van der Waals surface area contributed by atoms with Crippen molar-refractivity contribution in [3.05, 3.63) is 0 Å². The van der Waals surface area contributed by atoms with Gasteiger partial charge in [-0.1, -0.05) is 0 Å². The molecular formula is C16H29N3O2. The summed E-state index contributed by atoms with van der Waals surface area (Å²) < 4.78 is 5.55. The number of nitrogens with one attached hydrogen (secondary N) is 1. The first kappa shape index (κ1) is 15.1. The van der Waals surface area contributed by atoms with Crippen LogP contribution >= 0.6 is 0 Å². The van der Waals surface area contributed by atoms with E-state index in [-0.39, 0.29) is 6.03 Å². The zero-order chi connectivity index (χ0) is 14.8. The van der Waals surface area contributed by atoms with Crippen molar-refractivity contribution in [2.24, 2.45) is 5.92 Å². The molecule has 1 saturated heterocycles. The standard InChI is InChI=1S/C16H29N3O2/c1-12(2)18(14-5-6-14)8-7-17-16(20)19-9-10-21-11-15(19)13-3-4-13/h12-15H,3-11H2,1-2H3,(H,17,20)/t15-/m1/s1. The Kier molecular flexibility index (Phi) is 4.69. The smallest absolute Gasteiger partial charge is 0.317 e. The predicted octanol–water partition coefficient (Wildman–Crippen LogP) is 1.68. The van der Waals surface area contributed by atoms with Crippen LogP contribution in [0.5, 0.6) is 0 Å². The number of carbonyl (C=O) groups excluding carboxylic acids is 1. The fraction of sp³-hybridized carbons (Fsp3) is 0.938. The third-order valence-corrected chi connectivity index (χ3v) is 4.92. The lowest BCUT2D eigenvalue weighted by Gasteiger charge is -2.36. The highest BCUT2D eigenvalue weighted by atomic mass is 16.5. The molecule has 1 N–H and O–H groups in total. The molecule has 3 aliphatic rings. The van der Waals surface area contributed by atoms with Crippen molar-refractivity contribution in [2.75, 3.05) is 32.8 Å². The van der Waals surface area contributed by atoms with E-state index in [1.165, 1.54) is 25.7 Å². The predicted molar refractivity (Wildman–Crippen MR) is 82.3 cm³/mol. The number of urea groups is 1. The van der Waals surface area contributed by atoms with Crippen LogP contribution in [0.25, 0.3) is 0 Å². The molecule has 5 nitrogen and oxygen atoms in total. The van der Waals surface area contributed by atoms with Crippen molar-refractivity contribution in [3.63, 3.8) is 0 Å². The highest BCUT2D eigenvalue weighted by Gasteiger charge is 2.39. The van der Waals surface area contributed by atoms with Crippen LogP contribution in [-0.4, -0.2) is 66.8 Å². The van der Waals surface area contributed by atoms with Gasteiger partial charge in [-0.3, -0.25) is 4.90 Å². The number of morpholine rings is 1. The Hall–Kier alpha value is -0.810. The summed E-state index contributed by atoms with van der Waals surface area (Å²) in [6.07, 6.45) is 5.14. The summed E-state index contributed by atoms with van der Waals surface area (Å²) >= 11 is 0. The van der Waals surface area contributed by atoms with E-state index in [2.05, 4.69) is 24.1 Å². The van der Waals surface area contributed by atoms with Gasteiger partial charge in [-0.05, 0) is 45.4 Å². The van der Waals surface area contributed by atoms with Crippen LogP contribution in [-0.2, 0) is 4.74 Å². The average molecular weight is 295 g/mol. The molecule has 3 rings (SSSR count). The van der Waals surface area contributed by atoms with Gasteiger partial charge in [0.1, 0.15) is 0 Å². The van der Waals surface area contributed by atoms with Crippen molar-refractivity contribution >= 4 is 6.03 Å². The first-order valence-corrected chi connectivity index (χ1v) is 8.54. The maximum atomic E-state index is 12.4. The van der Waals surface area contributed by atoms with Crippen LogP contribution in [0, 0.1) is 5.92 Å². The monoisotopic (exact) mass is 295 g/mol. The van der Waals surface area contributed by atoms with Crippen LogP contribution in [0.15, 0.2) is 0 Å². The van der Waals surface area contributed by atoms with E-state index < -0.39 is 0 Å². The van der Waals surface area contributed by atoms with Gasteiger partial charge in [0.25, 0.3) is 0 Å². The molecule has 0 aromatic carbocycles. The SMILES string of the molecule is CC(C)N(CCNC(=O)N1CCOC[C@@H]1C1CC1)C1CC1. The van der Waals surface area contributed by atoms with Gasteiger partial charge in [0.2, 0.25) is 0 Å². The minimum atomic E-state index is 0.106. The minimum Gasteiger partial charge on any atom is -0.377 e. The maximum Gasteiger partial charge on any atom is 0.317 e. The number of carbonyl (C=O) groups is 1. The lowest BCUT2D eigenvalue weighted by molar-refractivity contribution is 0.00458. The van der Waals surface area contributed by atoms with E-state index in [1.807, 2.05) is 4.90 Å². The number of hydrogen-bond donors (Lipinski definition) is 1. The summed E-state index contributed by atoms with van der Waals surface area (Å²) in [6.45, 7) is 8.34. The van der Waals surface area contributed by atoms with Crippen molar-refractivity contribution in [1.29, 1.82) is 0 Å². The highest BCUT2D eigenvalue weighted by molar-refractivity contribution is 5.74. The number of amides is 2. The molecule has 0 aromatic heterocycles. The molecule has 0 radical (unpaired) electrons. The Morgan fingerprint density at radius 2 is 2.10 bits per heavy atom. The van der Waals surface area contributed by atoms with E-state index in [9.17, 15) is 4.79 Å². The molecule has 1 atom stereocenters. The van der Waals surface area contributed by atoms with E-state index in [0.717, 1.165) is 32.3 Å². The average Bonchev–Trinajstić information content (AvgIpc) is 3.36. The summed E-state index contributed by atoms with van der Waals surface area (Å²) in [5.41, 5.74) is 0. The Balaban J connectivity index is 1.44. The highest BCUT2D eigenvalue weighted by Crippen LogP contribution is 2.36. The molecule has 1 heterocycles. The molecular weight excluding hydrogens is 266 g/mol. The molecule has 120 valence electrons. The largest absolute Gasteiger partial charge is 0.377 e. The van der Waals surface area contributed by atoms with Gasteiger partial charge in [0, 0.05) is 31.7 Å². The Bertz CT molecular complexity index is 365. The van der Waals surface area contributed by atoms with Crippen LogP contribution in [0.4, 0.5) is 4.79 Å². The lowest BCUT2D eigenvalue weighted by atomic mass is 10.1. The van der Waals surface area contributed by atoms with Gasteiger partial charge in [-0.2, -0.15) is 0 Å². The summed E-state index contributed by atoms with van der Waals surface area (Å²) in [6, 6.07) is 1.74. The zero-order valence-electron chi connectivity index (χ0n) is 13.4. The topological polar surface area (TPSA) is 44.8 Å². The van der Waals surface area contributed by atoms with Crippen molar-refractivity contribution in [1.82, 2.24) is 15.1 Å². The second kappa shape index (κ2) is 6.53. The second-order valence-electron chi connectivity index (χ2n) is 6.97. The van der Waals surface area contributed by atoms with Crippen LogP contribution in [0.1, 0.15) is 39.5 Å². The third-order valence-electron chi connectivity index (χ3n) is 4.92. The van der Waals surface area contributed by atoms with Crippen LogP contribution in [0.3, 0.4) is 0 Å². The zero-order valence-corrected chi connectivity index (χ0v) is 13.4. The van der Waals surface area contributed by atoms with Crippen molar-refractivity contribution < 1.29 is 9.53 Å². The number of ether oxygens (including phenoxy) is 1. The second-order valence-corrected chi connectivity index (χ2v) is 6.97. The molecule has 2 saturated carbocycles. The fourth-order valence-electron chi connectivity index (χ4n) is 3.41. The van der Waals surface area contributed by atoms with Gasteiger partial charge in [-0.15, -0.1) is 0 Å². The molecule has 21 heavy (non-hydrogen) atoms. The summed E-state index contributed by atoms with van der Waals surface area (Å²) in [5.74, 6) is 0.676. The summed E-state index contributed by atoms with van der Waals surface area (Å²) in [4.78, 5) is 16.9. The van der Waals surface area contributed by atoms with Gasteiger partial charge in [-0.25, -0.2) is 4.79 Å². The molecule has 5 heteroatoms. The first-order chi connectivity index (χ1) is 10.2. The third kappa shape index (κ3) is 3.89. The maximum absolute atomic E-state index is 12.4. The number of rotatable bonds is 6. The molecule has 1 aliphatic heterocycles. The molecule has 2 amide bonds. The van der Waals surface area contributed by atoms with E-state index in [1.54, 1.807) is 0 Å². The van der Waals surface area contributed by atoms with Gasteiger partial charge in [0.15, 0.2) is 0 Å². The molecule has 0 aromatic rings. The number of nitrogens with zero attached hydrogens (tertiary/aromatic N) is 2. The molecule has 3 fully saturated rings. The lowest BCUT2D eigenvalue weighted by Crippen LogP contribution is -2.54. The van der Waals surface area contributed by atoms with Gasteiger partial charge >= 0.3 is 6.03 Å². The van der Waals surface area contributed by atoms with Crippen LogP contribution in [0.2, 0.25) is 0 Å². The van der Waals surface area contributed by atoms with Gasteiger partial charge in [0.05, 0.1) is 19.3 Å². The van der Waals surface area contributed by atoms with E-state index in [0.29, 0.717) is 24.6 Å². The van der Waals surface area contributed by atoms with Gasteiger partial charge < -0.3 is 15.0 Å². The molecule has 2 aliphatic carbocycles. The fourth-order valence-corrected chi connectivity index (χ4v) is 3.41. The quantitative estimate of drug-likeness (QED) is 0.811. The van der Waals surface area contributed by atoms with E-state index >= 15 is 0 Å². The van der Waals surface area contributed by atoms with Crippen molar-refractivity contribution in [3.8, 4) is 0 Å². The Morgan fingerprint density at radius 1 is 1.33 bits per heavy atom. The number of hydrogen-bond acceptors (Lipinski definition) is 3. The normalized spacial score (nSPS) is 26.5. The Labute approximate surface area is 128 Å². The van der Waals surface area contributed by atoms with Crippen molar-refractivity contribution in [2.45, 2.75) is 57.7 Å². The molecule has 0 bridgehead atoms. The molecule has 0 unspecified atom stereocenters. The summed E-state index contributed by atoms with van der Waals surface area (Å²) in [5, 5.41) is 3.12. The van der Waals surface area contributed by atoms with Crippen LogP contribution < -0.4 is 5.32 Å². The van der Waals surface area contributed by atoms with E-state index in [4.69, 9.17) is 4.74 Å².